The van der Waals surface area contributed by atoms with E-state index in [-0.39, 0.29) is 0 Å². The normalized spacial score (nSPS) is 37.3. The van der Waals surface area contributed by atoms with E-state index < -0.39 is 0 Å². The van der Waals surface area contributed by atoms with Crippen LogP contribution >= 0.6 is 0 Å². The van der Waals surface area contributed by atoms with Gasteiger partial charge in [-0.05, 0) is 110 Å². The monoisotopic (exact) mass is 524 g/mol. The Balaban J connectivity index is 1.31. The highest BCUT2D eigenvalue weighted by Gasteiger charge is 2.59. The summed E-state index contributed by atoms with van der Waals surface area (Å²) in [6.07, 6.45) is 27.5. The molecule has 1 heteroatoms. The van der Waals surface area contributed by atoms with Crippen molar-refractivity contribution in [3.8, 4) is 0 Å². The van der Waals surface area contributed by atoms with Gasteiger partial charge in [-0.15, -0.1) is 0 Å². The zero-order valence-corrected chi connectivity index (χ0v) is 26.5. The van der Waals surface area contributed by atoms with Gasteiger partial charge in [0.15, 0.2) is 0 Å². The van der Waals surface area contributed by atoms with E-state index in [1.54, 1.807) is 5.57 Å². The summed E-state index contributed by atoms with van der Waals surface area (Å²) < 4.78 is 0. The number of Topliss-reactive ketones (excluding diaryl/α,β-unsaturated/α-hetero) is 1. The summed E-state index contributed by atoms with van der Waals surface area (Å²) in [4.78, 5) is 12.8. The zero-order chi connectivity index (χ0) is 27.3. The van der Waals surface area contributed by atoms with Crippen molar-refractivity contribution in [1.29, 1.82) is 0 Å². The third-order valence-corrected chi connectivity index (χ3v) is 12.7. The van der Waals surface area contributed by atoms with Gasteiger partial charge < -0.3 is 0 Å². The maximum Gasteiger partial charge on any atom is 0.133 e. The average Bonchev–Trinajstić information content (AvgIpc) is 3.23. The Kier molecular flexibility index (Phi) is 10.7. The van der Waals surface area contributed by atoms with Crippen LogP contribution in [0.15, 0.2) is 11.6 Å². The van der Waals surface area contributed by atoms with E-state index in [0.717, 1.165) is 54.8 Å². The minimum absolute atomic E-state index is 0.421. The lowest BCUT2D eigenvalue weighted by molar-refractivity contribution is -0.120. The Hall–Kier alpha value is -0.590. The predicted octanol–water partition coefficient (Wildman–Crippen LogP) is 11.4. The van der Waals surface area contributed by atoms with Crippen molar-refractivity contribution in [3.63, 3.8) is 0 Å². The lowest BCUT2D eigenvalue weighted by Crippen LogP contribution is -2.50. The molecule has 0 aromatic carbocycles. The molecule has 0 spiro atoms. The van der Waals surface area contributed by atoms with Crippen molar-refractivity contribution in [1.82, 2.24) is 0 Å². The molecular weight excluding hydrogens is 460 g/mol. The molecule has 6 unspecified atom stereocenters. The van der Waals surface area contributed by atoms with Gasteiger partial charge in [-0.2, -0.15) is 0 Å². The number of rotatable bonds is 14. The number of hydrogen-bond donors (Lipinski definition) is 0. The number of unbranched alkanes of at least 4 members (excludes halogenated alkanes) is 5. The topological polar surface area (TPSA) is 17.1 Å². The van der Waals surface area contributed by atoms with E-state index in [9.17, 15) is 4.79 Å². The first-order chi connectivity index (χ1) is 18.2. The number of allylic oxidation sites excluding steroid dienone is 2. The van der Waals surface area contributed by atoms with Gasteiger partial charge in [-0.3, -0.25) is 4.79 Å². The predicted molar refractivity (Wildman–Crippen MR) is 164 cm³/mol. The van der Waals surface area contributed by atoms with E-state index in [2.05, 4.69) is 47.6 Å². The van der Waals surface area contributed by atoms with Gasteiger partial charge in [0.1, 0.15) is 5.78 Å². The fraction of sp³-hybridized carbons (Fsp3) is 0.919. The fourth-order valence-corrected chi connectivity index (χ4v) is 10.5. The summed E-state index contributed by atoms with van der Waals surface area (Å²) in [7, 11) is 0. The second-order valence-electron chi connectivity index (χ2n) is 15.7. The van der Waals surface area contributed by atoms with Gasteiger partial charge in [0.2, 0.25) is 0 Å². The van der Waals surface area contributed by atoms with Gasteiger partial charge >= 0.3 is 0 Å². The van der Waals surface area contributed by atoms with Gasteiger partial charge in [0.25, 0.3) is 0 Å². The maximum absolute atomic E-state index is 12.8. The summed E-state index contributed by atoms with van der Waals surface area (Å²) in [5.74, 6) is 6.64. The summed E-state index contributed by atoms with van der Waals surface area (Å²) in [5, 5.41) is 0. The molecule has 0 radical (unpaired) electrons. The number of carbonyl (C=O) groups excluding carboxylic acids is 1. The largest absolute Gasteiger partial charge is 0.300 e. The van der Waals surface area contributed by atoms with Crippen molar-refractivity contribution in [2.24, 2.45) is 52.3 Å². The van der Waals surface area contributed by atoms with E-state index in [1.807, 2.05) is 0 Å². The van der Waals surface area contributed by atoms with Gasteiger partial charge in [0, 0.05) is 12.8 Å². The van der Waals surface area contributed by atoms with Crippen LogP contribution < -0.4 is 0 Å². The highest BCUT2D eigenvalue weighted by molar-refractivity contribution is 5.78. The van der Waals surface area contributed by atoms with Crippen molar-refractivity contribution < 1.29 is 4.79 Å². The van der Waals surface area contributed by atoms with Crippen LogP contribution in [0.25, 0.3) is 0 Å². The molecule has 3 saturated carbocycles. The molecule has 0 aliphatic heterocycles. The smallest absolute Gasteiger partial charge is 0.133 e. The fourth-order valence-electron chi connectivity index (χ4n) is 10.5. The van der Waals surface area contributed by atoms with Crippen LogP contribution in [-0.4, -0.2) is 5.78 Å². The van der Waals surface area contributed by atoms with Crippen LogP contribution in [-0.2, 0) is 4.79 Å². The third-order valence-electron chi connectivity index (χ3n) is 12.7. The van der Waals surface area contributed by atoms with E-state index in [4.69, 9.17) is 0 Å². The molecule has 0 amide bonds. The highest BCUT2D eigenvalue weighted by atomic mass is 16.1. The van der Waals surface area contributed by atoms with Gasteiger partial charge in [-0.1, -0.05) is 105 Å². The molecule has 0 N–H and O–H groups in total. The molecule has 0 bridgehead atoms. The molecule has 218 valence electrons. The summed E-state index contributed by atoms with van der Waals surface area (Å²) >= 11 is 0. The Morgan fingerprint density at radius 1 is 0.895 bits per heavy atom. The minimum atomic E-state index is 0.421. The maximum atomic E-state index is 12.8. The first-order valence-corrected chi connectivity index (χ1v) is 17.4. The second kappa shape index (κ2) is 13.4. The number of fused-ring (bicyclic) bond motifs is 5. The van der Waals surface area contributed by atoms with Crippen LogP contribution in [0.1, 0.15) is 164 Å². The van der Waals surface area contributed by atoms with Crippen LogP contribution in [0, 0.1) is 52.3 Å². The van der Waals surface area contributed by atoms with Crippen LogP contribution in [0.5, 0.6) is 0 Å². The molecule has 8 atom stereocenters. The molecule has 3 fully saturated rings. The highest BCUT2D eigenvalue weighted by Crippen LogP contribution is 2.67. The molecule has 0 aromatic heterocycles. The number of ketones is 1. The molecule has 4 rings (SSSR count). The summed E-state index contributed by atoms with van der Waals surface area (Å²) in [5.41, 5.74) is 2.77. The SMILES string of the molecule is CCCCCCCCC(=O)C[C@H]1CCC2(C)C(=CCC3C2CCC2(C)C3CC[C@@H]2C(C)CCCC(C)C)C1. The molecule has 1 nitrogen and oxygen atoms in total. The van der Waals surface area contributed by atoms with Crippen molar-refractivity contribution in [2.75, 3.05) is 0 Å². The van der Waals surface area contributed by atoms with Crippen LogP contribution in [0.2, 0.25) is 0 Å². The molecule has 4 aliphatic carbocycles. The molecule has 0 aromatic rings. The van der Waals surface area contributed by atoms with E-state index >= 15 is 0 Å². The average molecular weight is 525 g/mol. The molecule has 0 heterocycles. The van der Waals surface area contributed by atoms with E-state index in [1.165, 1.54) is 103 Å². The van der Waals surface area contributed by atoms with E-state index in [0.29, 0.717) is 22.5 Å². The Bertz CT molecular complexity index is 793. The third kappa shape index (κ3) is 6.65. The molecule has 0 saturated heterocycles. The zero-order valence-electron chi connectivity index (χ0n) is 26.5. The van der Waals surface area contributed by atoms with Crippen molar-refractivity contribution in [2.45, 2.75) is 164 Å². The molecule has 38 heavy (non-hydrogen) atoms. The standard InChI is InChI=1S/C37H64O/c1-7-8-9-10-11-12-16-31(38)26-29-21-23-36(5)30(25-29)17-18-32-34-20-19-33(28(4)15-13-14-27(2)3)37(34,6)24-22-35(32)36/h17,27-29,32-35H,7-16,18-26H2,1-6H3/t28?,29-,32?,33+,34?,35?,36?,37?/m0/s1. The summed E-state index contributed by atoms with van der Waals surface area (Å²) in [6.45, 7) is 15.0. The summed E-state index contributed by atoms with van der Waals surface area (Å²) in [6, 6.07) is 0. The molecular formula is C37H64O. The minimum Gasteiger partial charge on any atom is -0.300 e. The Morgan fingerprint density at radius 3 is 2.42 bits per heavy atom. The number of carbonyl (C=O) groups is 1. The Morgan fingerprint density at radius 2 is 1.66 bits per heavy atom. The first-order valence-electron chi connectivity index (χ1n) is 17.4. The van der Waals surface area contributed by atoms with Crippen molar-refractivity contribution >= 4 is 5.78 Å². The van der Waals surface area contributed by atoms with Crippen molar-refractivity contribution in [3.05, 3.63) is 11.6 Å². The molecule has 4 aliphatic rings. The van der Waals surface area contributed by atoms with Gasteiger partial charge in [-0.25, -0.2) is 0 Å². The van der Waals surface area contributed by atoms with Gasteiger partial charge in [0.05, 0.1) is 0 Å². The van der Waals surface area contributed by atoms with Crippen LogP contribution in [0.4, 0.5) is 0 Å². The van der Waals surface area contributed by atoms with Crippen LogP contribution in [0.3, 0.4) is 0 Å². The Labute approximate surface area is 237 Å². The lowest BCUT2D eigenvalue weighted by Gasteiger charge is -2.58. The lowest BCUT2D eigenvalue weighted by atomic mass is 9.46. The first kappa shape index (κ1) is 30.4. The number of hydrogen-bond acceptors (Lipinski definition) is 1. The quantitative estimate of drug-likeness (QED) is 0.163. The second-order valence-corrected chi connectivity index (χ2v) is 15.7.